The number of furan rings is 1. The highest BCUT2D eigenvalue weighted by molar-refractivity contribution is 9.10. The lowest BCUT2D eigenvalue weighted by molar-refractivity contribution is 0.0954. The Morgan fingerprint density at radius 3 is 2.32 bits per heavy atom. The van der Waals surface area contributed by atoms with Crippen LogP contribution in [-0.4, -0.2) is 38.5 Å². The lowest BCUT2D eigenvalue weighted by Crippen LogP contribution is -2.36. The Labute approximate surface area is 191 Å². The van der Waals surface area contributed by atoms with Crippen molar-refractivity contribution in [2.45, 2.75) is 13.8 Å². The van der Waals surface area contributed by atoms with E-state index in [1.54, 1.807) is 43.4 Å². The molecule has 0 saturated heterocycles. The highest BCUT2D eigenvalue weighted by atomic mass is 79.9. The molecule has 0 saturated carbocycles. The van der Waals surface area contributed by atoms with Crippen LogP contribution in [0.5, 0.6) is 0 Å². The van der Waals surface area contributed by atoms with Crippen LogP contribution in [0.3, 0.4) is 0 Å². The SMILES string of the molecule is CCN(CCNC(=O)c1ccccc1N(C)C(=O)c1ccc(Br)o1)c1ccccc1C. The lowest BCUT2D eigenvalue weighted by Gasteiger charge is -2.25. The van der Waals surface area contributed by atoms with Crippen molar-refractivity contribution in [2.24, 2.45) is 0 Å². The number of hydrogen-bond donors (Lipinski definition) is 1. The molecule has 0 aliphatic rings. The quantitative estimate of drug-likeness (QED) is 0.495. The molecule has 0 atom stereocenters. The number of likely N-dealkylation sites (N-methyl/N-ethyl adjacent to an activating group) is 1. The first-order chi connectivity index (χ1) is 14.9. The van der Waals surface area contributed by atoms with Crippen LogP contribution in [0.25, 0.3) is 0 Å². The second-order valence-corrected chi connectivity index (χ2v) is 7.89. The van der Waals surface area contributed by atoms with E-state index in [0.29, 0.717) is 29.0 Å². The number of benzene rings is 2. The topological polar surface area (TPSA) is 65.8 Å². The second kappa shape index (κ2) is 10.3. The van der Waals surface area contributed by atoms with Gasteiger partial charge in [-0.1, -0.05) is 30.3 Å². The minimum absolute atomic E-state index is 0.196. The lowest BCUT2D eigenvalue weighted by atomic mass is 10.1. The Balaban J connectivity index is 1.68. The van der Waals surface area contributed by atoms with Crippen molar-refractivity contribution in [3.63, 3.8) is 0 Å². The molecule has 162 valence electrons. The average molecular weight is 484 g/mol. The zero-order valence-electron chi connectivity index (χ0n) is 17.9. The zero-order valence-corrected chi connectivity index (χ0v) is 19.5. The summed E-state index contributed by atoms with van der Waals surface area (Å²) in [5, 5.41) is 2.98. The molecular weight excluding hydrogens is 458 g/mol. The molecule has 0 radical (unpaired) electrons. The van der Waals surface area contributed by atoms with Gasteiger partial charge in [-0.25, -0.2) is 0 Å². The third kappa shape index (κ3) is 5.35. The molecule has 6 nitrogen and oxygen atoms in total. The van der Waals surface area contributed by atoms with Gasteiger partial charge in [0.1, 0.15) is 0 Å². The monoisotopic (exact) mass is 483 g/mol. The summed E-state index contributed by atoms with van der Waals surface area (Å²) in [5.41, 5.74) is 3.31. The number of anilines is 2. The molecule has 3 aromatic rings. The van der Waals surface area contributed by atoms with Gasteiger partial charge in [-0.2, -0.15) is 0 Å². The number of carbonyl (C=O) groups is 2. The van der Waals surface area contributed by atoms with Gasteiger partial charge in [0, 0.05) is 32.4 Å². The standard InChI is InChI=1S/C24H26BrN3O3/c1-4-28(19-11-7-5-9-17(19)2)16-15-26-23(29)18-10-6-8-12-20(18)27(3)24(30)21-13-14-22(25)31-21/h5-14H,4,15-16H2,1-3H3,(H,26,29). The maximum absolute atomic E-state index is 12.9. The smallest absolute Gasteiger partial charge is 0.293 e. The van der Waals surface area contributed by atoms with Crippen molar-refractivity contribution in [3.8, 4) is 0 Å². The van der Waals surface area contributed by atoms with Crippen molar-refractivity contribution in [3.05, 3.63) is 82.2 Å². The van der Waals surface area contributed by atoms with Gasteiger partial charge >= 0.3 is 0 Å². The number of halogens is 1. The largest absolute Gasteiger partial charge is 0.444 e. The van der Waals surface area contributed by atoms with Gasteiger partial charge in [0.25, 0.3) is 11.8 Å². The first-order valence-electron chi connectivity index (χ1n) is 10.1. The van der Waals surface area contributed by atoms with Gasteiger partial charge in [-0.15, -0.1) is 0 Å². The molecule has 31 heavy (non-hydrogen) atoms. The molecule has 2 amide bonds. The first-order valence-corrected chi connectivity index (χ1v) is 10.9. The third-order valence-corrected chi connectivity index (χ3v) is 5.53. The predicted octanol–water partition coefficient (Wildman–Crippen LogP) is 4.88. The molecule has 0 fully saturated rings. The number of aryl methyl sites for hydroxylation is 1. The van der Waals surface area contributed by atoms with Gasteiger partial charge in [0.15, 0.2) is 10.4 Å². The van der Waals surface area contributed by atoms with Crippen molar-refractivity contribution in [2.75, 3.05) is 36.5 Å². The number of rotatable bonds is 8. The zero-order chi connectivity index (χ0) is 22.4. The Kier molecular flexibility index (Phi) is 7.52. The number of nitrogens with one attached hydrogen (secondary N) is 1. The van der Waals surface area contributed by atoms with Crippen molar-refractivity contribution in [1.82, 2.24) is 5.32 Å². The van der Waals surface area contributed by atoms with Crippen LogP contribution in [0.4, 0.5) is 11.4 Å². The summed E-state index contributed by atoms with van der Waals surface area (Å²) in [4.78, 5) is 29.3. The maximum Gasteiger partial charge on any atom is 0.293 e. The molecule has 0 aliphatic carbocycles. The maximum atomic E-state index is 12.9. The van der Waals surface area contributed by atoms with E-state index in [1.807, 2.05) is 12.1 Å². The van der Waals surface area contributed by atoms with Crippen LogP contribution in [0.15, 0.2) is 69.8 Å². The van der Waals surface area contributed by atoms with Gasteiger partial charge in [0.2, 0.25) is 0 Å². The highest BCUT2D eigenvalue weighted by Crippen LogP contribution is 2.23. The normalized spacial score (nSPS) is 10.6. The fourth-order valence-electron chi connectivity index (χ4n) is 3.43. The highest BCUT2D eigenvalue weighted by Gasteiger charge is 2.21. The minimum Gasteiger partial charge on any atom is -0.444 e. The van der Waals surface area contributed by atoms with Crippen molar-refractivity contribution in [1.29, 1.82) is 0 Å². The Morgan fingerprint density at radius 1 is 1.00 bits per heavy atom. The molecule has 3 rings (SSSR count). The van der Waals surface area contributed by atoms with Crippen LogP contribution in [-0.2, 0) is 0 Å². The van der Waals surface area contributed by atoms with E-state index in [0.717, 1.165) is 12.2 Å². The summed E-state index contributed by atoms with van der Waals surface area (Å²) in [6.07, 6.45) is 0. The molecule has 2 aromatic carbocycles. The average Bonchev–Trinajstić information content (AvgIpc) is 3.22. The van der Waals surface area contributed by atoms with Gasteiger partial charge in [-0.05, 0) is 65.7 Å². The minimum atomic E-state index is -0.331. The van der Waals surface area contributed by atoms with Crippen molar-refractivity contribution >= 4 is 39.1 Å². The van der Waals surface area contributed by atoms with E-state index in [4.69, 9.17) is 4.42 Å². The summed E-state index contributed by atoms with van der Waals surface area (Å²) < 4.78 is 5.84. The Hall–Kier alpha value is -3.06. The predicted molar refractivity (Wildman–Crippen MR) is 127 cm³/mol. The van der Waals surface area contributed by atoms with Gasteiger partial charge in [0.05, 0.1) is 11.3 Å². The van der Waals surface area contributed by atoms with E-state index in [9.17, 15) is 9.59 Å². The molecule has 0 aliphatic heterocycles. The van der Waals surface area contributed by atoms with E-state index in [2.05, 4.69) is 52.1 Å². The summed E-state index contributed by atoms with van der Waals surface area (Å²) in [5.74, 6) is -0.360. The van der Waals surface area contributed by atoms with Crippen LogP contribution in [0.1, 0.15) is 33.4 Å². The second-order valence-electron chi connectivity index (χ2n) is 7.11. The van der Waals surface area contributed by atoms with Crippen LogP contribution in [0, 0.1) is 6.92 Å². The third-order valence-electron chi connectivity index (χ3n) is 5.10. The molecule has 1 aromatic heterocycles. The van der Waals surface area contributed by atoms with E-state index >= 15 is 0 Å². The molecule has 0 spiro atoms. The molecule has 1 N–H and O–H groups in total. The fraction of sp³-hybridized carbons (Fsp3) is 0.250. The molecule has 1 heterocycles. The van der Waals surface area contributed by atoms with Crippen LogP contribution in [0.2, 0.25) is 0 Å². The van der Waals surface area contributed by atoms with E-state index in [-0.39, 0.29) is 17.6 Å². The summed E-state index contributed by atoms with van der Waals surface area (Å²) in [7, 11) is 1.63. The Bertz CT molecular complexity index is 1060. The Morgan fingerprint density at radius 2 is 1.68 bits per heavy atom. The van der Waals surface area contributed by atoms with Crippen LogP contribution < -0.4 is 15.1 Å². The van der Waals surface area contributed by atoms with E-state index in [1.165, 1.54) is 10.5 Å². The van der Waals surface area contributed by atoms with Crippen LogP contribution >= 0.6 is 15.9 Å². The summed E-state index contributed by atoms with van der Waals surface area (Å²) in [6, 6.07) is 18.5. The molecular formula is C24H26BrN3O3. The first kappa shape index (κ1) is 22.6. The number of amides is 2. The molecule has 0 bridgehead atoms. The van der Waals surface area contributed by atoms with Gasteiger partial charge in [-0.3, -0.25) is 9.59 Å². The molecule has 7 heteroatoms. The molecule has 0 unspecified atom stereocenters. The van der Waals surface area contributed by atoms with Gasteiger partial charge < -0.3 is 19.5 Å². The van der Waals surface area contributed by atoms with Crippen molar-refractivity contribution < 1.29 is 14.0 Å². The summed E-state index contributed by atoms with van der Waals surface area (Å²) in [6.45, 7) is 6.18. The van der Waals surface area contributed by atoms with E-state index < -0.39 is 0 Å². The number of nitrogens with zero attached hydrogens (tertiary/aromatic N) is 2. The summed E-state index contributed by atoms with van der Waals surface area (Å²) >= 11 is 3.21. The number of carbonyl (C=O) groups excluding carboxylic acids is 2. The number of hydrogen-bond acceptors (Lipinski definition) is 4. The fourth-order valence-corrected chi connectivity index (χ4v) is 3.74. The number of para-hydroxylation sites is 2.